The second kappa shape index (κ2) is 4.37. The van der Waals surface area contributed by atoms with Crippen LogP contribution in [0.4, 0.5) is 6.01 Å². The minimum atomic E-state index is 0.232. The quantitative estimate of drug-likeness (QED) is 0.882. The number of nitrogens with zero attached hydrogens (tertiary/aromatic N) is 1. The van der Waals surface area contributed by atoms with Crippen LogP contribution in [-0.2, 0) is 12.8 Å². The maximum absolute atomic E-state index is 5.63. The molecule has 0 saturated carbocycles. The molecule has 0 aliphatic carbocycles. The molecular formula is C14H16N2O2. The lowest BCUT2D eigenvalue weighted by Crippen LogP contribution is -2.08. The maximum atomic E-state index is 5.63. The van der Waals surface area contributed by atoms with Crippen LogP contribution < -0.4 is 10.5 Å². The Labute approximate surface area is 106 Å². The van der Waals surface area contributed by atoms with Crippen molar-refractivity contribution in [3.63, 3.8) is 0 Å². The zero-order chi connectivity index (χ0) is 12.5. The van der Waals surface area contributed by atoms with Crippen LogP contribution in [0.5, 0.6) is 5.75 Å². The summed E-state index contributed by atoms with van der Waals surface area (Å²) < 4.78 is 11.0. The number of benzene rings is 1. The van der Waals surface area contributed by atoms with E-state index in [9.17, 15) is 0 Å². The molecular weight excluding hydrogens is 228 g/mol. The van der Waals surface area contributed by atoms with E-state index in [1.54, 1.807) is 0 Å². The van der Waals surface area contributed by atoms with Crippen molar-refractivity contribution in [2.45, 2.75) is 26.2 Å². The van der Waals surface area contributed by atoms with Gasteiger partial charge in [-0.3, -0.25) is 0 Å². The van der Waals surface area contributed by atoms with Crippen LogP contribution in [-0.4, -0.2) is 11.6 Å². The molecule has 0 radical (unpaired) electrons. The predicted molar refractivity (Wildman–Crippen MR) is 69.5 cm³/mol. The Balaban J connectivity index is 2.06. The van der Waals surface area contributed by atoms with Crippen LogP contribution in [0.25, 0.3) is 11.3 Å². The van der Waals surface area contributed by atoms with Crippen LogP contribution in [0.2, 0.25) is 0 Å². The molecule has 0 saturated heterocycles. The number of ether oxygens (including phenoxy) is 1. The third-order valence-corrected chi connectivity index (χ3v) is 3.22. The molecule has 0 spiro atoms. The SMILES string of the molecule is CCc1oc(N)nc1-c1ccc2c(c1)CCCO2. The lowest BCUT2D eigenvalue weighted by atomic mass is 10.0. The summed E-state index contributed by atoms with van der Waals surface area (Å²) in [5.74, 6) is 1.82. The molecule has 0 unspecified atom stereocenters. The number of anilines is 1. The fraction of sp³-hybridized carbons (Fsp3) is 0.357. The highest BCUT2D eigenvalue weighted by Gasteiger charge is 2.16. The molecule has 1 aliphatic rings. The fourth-order valence-electron chi connectivity index (χ4n) is 2.34. The average Bonchev–Trinajstić information content (AvgIpc) is 2.79. The summed E-state index contributed by atoms with van der Waals surface area (Å²) in [4.78, 5) is 4.27. The van der Waals surface area contributed by atoms with Crippen LogP contribution in [0, 0.1) is 0 Å². The molecule has 0 amide bonds. The lowest BCUT2D eigenvalue weighted by Gasteiger charge is -2.17. The molecule has 1 aliphatic heterocycles. The van der Waals surface area contributed by atoms with E-state index in [0.29, 0.717) is 0 Å². The van der Waals surface area contributed by atoms with Gasteiger partial charge >= 0.3 is 0 Å². The first-order valence-electron chi connectivity index (χ1n) is 6.29. The Hall–Kier alpha value is -1.97. The summed E-state index contributed by atoms with van der Waals surface area (Å²) in [6, 6.07) is 6.38. The summed E-state index contributed by atoms with van der Waals surface area (Å²) in [6.45, 7) is 2.84. The van der Waals surface area contributed by atoms with Gasteiger partial charge in [-0.2, -0.15) is 4.98 Å². The van der Waals surface area contributed by atoms with Gasteiger partial charge < -0.3 is 14.9 Å². The van der Waals surface area contributed by atoms with E-state index in [2.05, 4.69) is 11.1 Å². The van der Waals surface area contributed by atoms with Crippen LogP contribution in [0.3, 0.4) is 0 Å². The topological polar surface area (TPSA) is 61.3 Å². The van der Waals surface area contributed by atoms with Crippen molar-refractivity contribution in [2.75, 3.05) is 12.3 Å². The number of aryl methyl sites for hydroxylation is 2. The number of nitrogens with two attached hydrogens (primary N) is 1. The first kappa shape index (κ1) is 11.1. The Kier molecular flexibility index (Phi) is 2.70. The second-order valence-electron chi connectivity index (χ2n) is 4.45. The van der Waals surface area contributed by atoms with Gasteiger partial charge in [-0.1, -0.05) is 6.92 Å². The average molecular weight is 244 g/mol. The van der Waals surface area contributed by atoms with E-state index in [-0.39, 0.29) is 6.01 Å². The molecule has 1 aromatic heterocycles. The van der Waals surface area contributed by atoms with Gasteiger partial charge in [0.1, 0.15) is 17.2 Å². The van der Waals surface area contributed by atoms with E-state index in [1.807, 2.05) is 19.1 Å². The van der Waals surface area contributed by atoms with Gasteiger partial charge in [0.05, 0.1) is 6.61 Å². The molecule has 94 valence electrons. The number of fused-ring (bicyclic) bond motifs is 1. The van der Waals surface area contributed by atoms with Crippen molar-refractivity contribution >= 4 is 6.01 Å². The highest BCUT2D eigenvalue weighted by Crippen LogP contribution is 2.32. The normalized spacial score (nSPS) is 14.1. The summed E-state index contributed by atoms with van der Waals surface area (Å²) in [6.07, 6.45) is 2.91. The summed E-state index contributed by atoms with van der Waals surface area (Å²) in [7, 11) is 0. The van der Waals surface area contributed by atoms with Crippen molar-refractivity contribution in [1.29, 1.82) is 0 Å². The Morgan fingerprint density at radius 1 is 1.39 bits per heavy atom. The Morgan fingerprint density at radius 3 is 3.11 bits per heavy atom. The van der Waals surface area contributed by atoms with Gasteiger partial charge in [0, 0.05) is 12.0 Å². The third kappa shape index (κ3) is 1.83. The molecule has 2 N–H and O–H groups in total. The summed E-state index contributed by atoms with van der Waals surface area (Å²) in [5.41, 5.74) is 8.77. The van der Waals surface area contributed by atoms with Gasteiger partial charge in [-0.05, 0) is 36.6 Å². The molecule has 18 heavy (non-hydrogen) atoms. The Morgan fingerprint density at radius 2 is 2.28 bits per heavy atom. The van der Waals surface area contributed by atoms with Gasteiger partial charge in [0.15, 0.2) is 0 Å². The standard InChI is InChI=1S/C14H16N2O2/c1-2-11-13(16-14(15)18-11)10-5-6-12-9(8-10)4-3-7-17-12/h5-6,8H,2-4,7H2,1H3,(H2,15,16). The number of aromatic nitrogens is 1. The predicted octanol–water partition coefficient (Wildman–Crippen LogP) is 2.81. The molecule has 2 aromatic rings. The zero-order valence-corrected chi connectivity index (χ0v) is 10.4. The number of hydrogen-bond donors (Lipinski definition) is 1. The van der Waals surface area contributed by atoms with Crippen LogP contribution in [0.1, 0.15) is 24.7 Å². The molecule has 1 aromatic carbocycles. The largest absolute Gasteiger partial charge is 0.493 e. The number of rotatable bonds is 2. The molecule has 3 rings (SSSR count). The molecule has 0 atom stereocenters. The van der Waals surface area contributed by atoms with E-state index >= 15 is 0 Å². The highest BCUT2D eigenvalue weighted by molar-refractivity contribution is 5.65. The van der Waals surface area contributed by atoms with E-state index in [1.165, 1.54) is 5.56 Å². The summed E-state index contributed by atoms with van der Waals surface area (Å²) in [5, 5.41) is 0. The van der Waals surface area contributed by atoms with E-state index in [4.69, 9.17) is 14.9 Å². The molecule has 4 nitrogen and oxygen atoms in total. The monoisotopic (exact) mass is 244 g/mol. The smallest absolute Gasteiger partial charge is 0.292 e. The molecule has 2 heterocycles. The second-order valence-corrected chi connectivity index (χ2v) is 4.45. The van der Waals surface area contributed by atoms with Crippen molar-refractivity contribution in [3.8, 4) is 17.0 Å². The van der Waals surface area contributed by atoms with Gasteiger partial charge in [0.25, 0.3) is 6.01 Å². The third-order valence-electron chi connectivity index (χ3n) is 3.22. The zero-order valence-electron chi connectivity index (χ0n) is 10.4. The molecule has 4 heteroatoms. The minimum absolute atomic E-state index is 0.232. The minimum Gasteiger partial charge on any atom is -0.493 e. The number of hydrogen-bond acceptors (Lipinski definition) is 4. The molecule has 0 bridgehead atoms. The van der Waals surface area contributed by atoms with Gasteiger partial charge in [-0.25, -0.2) is 0 Å². The number of nitrogen functional groups attached to an aromatic ring is 1. The fourth-order valence-corrected chi connectivity index (χ4v) is 2.34. The lowest BCUT2D eigenvalue weighted by molar-refractivity contribution is 0.288. The number of oxazole rings is 1. The first-order valence-corrected chi connectivity index (χ1v) is 6.29. The van der Waals surface area contributed by atoms with Crippen molar-refractivity contribution in [3.05, 3.63) is 29.5 Å². The maximum Gasteiger partial charge on any atom is 0.292 e. The van der Waals surface area contributed by atoms with Crippen molar-refractivity contribution in [1.82, 2.24) is 4.98 Å². The van der Waals surface area contributed by atoms with Crippen LogP contribution in [0.15, 0.2) is 22.6 Å². The molecule has 0 fully saturated rings. The van der Waals surface area contributed by atoms with Crippen LogP contribution >= 0.6 is 0 Å². The first-order chi connectivity index (χ1) is 8.78. The van der Waals surface area contributed by atoms with Gasteiger partial charge in [-0.15, -0.1) is 0 Å². The Bertz CT molecular complexity index is 575. The van der Waals surface area contributed by atoms with Gasteiger partial charge in [0.2, 0.25) is 0 Å². The van der Waals surface area contributed by atoms with E-state index < -0.39 is 0 Å². The summed E-state index contributed by atoms with van der Waals surface area (Å²) >= 11 is 0. The van der Waals surface area contributed by atoms with Crippen molar-refractivity contribution < 1.29 is 9.15 Å². The van der Waals surface area contributed by atoms with Crippen molar-refractivity contribution in [2.24, 2.45) is 0 Å². The highest BCUT2D eigenvalue weighted by atomic mass is 16.5. The van der Waals surface area contributed by atoms with E-state index in [0.717, 1.165) is 48.6 Å².